The topological polar surface area (TPSA) is 100 Å². The zero-order valence-electron chi connectivity index (χ0n) is 21.4. The van der Waals surface area contributed by atoms with E-state index in [1.165, 1.54) is 6.92 Å². The summed E-state index contributed by atoms with van der Waals surface area (Å²) in [5.41, 5.74) is 6.09. The first-order valence-electron chi connectivity index (χ1n) is 12.7. The summed E-state index contributed by atoms with van der Waals surface area (Å²) in [5, 5.41) is 9.32. The maximum atomic E-state index is 12.4. The van der Waals surface area contributed by atoms with E-state index in [-0.39, 0.29) is 11.8 Å². The van der Waals surface area contributed by atoms with E-state index < -0.39 is 0 Å². The van der Waals surface area contributed by atoms with Crippen molar-refractivity contribution in [3.05, 3.63) is 72.1 Å². The van der Waals surface area contributed by atoms with E-state index >= 15 is 0 Å². The van der Waals surface area contributed by atoms with Crippen LogP contribution >= 0.6 is 0 Å². The van der Waals surface area contributed by atoms with Gasteiger partial charge in [-0.25, -0.2) is 9.97 Å². The summed E-state index contributed by atoms with van der Waals surface area (Å²) in [4.78, 5) is 33.2. The van der Waals surface area contributed by atoms with Gasteiger partial charge in [0.05, 0.1) is 17.6 Å². The predicted octanol–water partition coefficient (Wildman–Crippen LogP) is 4.66. The molecule has 2 aromatic heterocycles. The summed E-state index contributed by atoms with van der Waals surface area (Å²) < 4.78 is 2.05. The van der Waals surface area contributed by atoms with E-state index in [0.29, 0.717) is 24.1 Å². The molecule has 1 saturated carbocycles. The highest BCUT2D eigenvalue weighted by atomic mass is 16.2. The maximum Gasteiger partial charge on any atom is 0.251 e. The molecule has 2 heterocycles. The lowest BCUT2D eigenvalue weighted by Gasteiger charge is -2.13. The van der Waals surface area contributed by atoms with Crippen molar-refractivity contribution in [1.29, 1.82) is 0 Å². The van der Waals surface area contributed by atoms with Gasteiger partial charge >= 0.3 is 0 Å². The normalized spacial score (nSPS) is 13.1. The average Bonchev–Trinajstić information content (AvgIpc) is 3.61. The van der Waals surface area contributed by atoms with Crippen LogP contribution in [-0.2, 0) is 11.3 Å². The summed E-state index contributed by atoms with van der Waals surface area (Å²) in [5.74, 6) is 1.09. The number of benzene rings is 2. The Labute approximate surface area is 216 Å². The lowest BCUT2D eigenvalue weighted by Crippen LogP contribution is -2.25. The number of anilines is 1. The molecule has 1 fully saturated rings. The molecule has 3 N–H and O–H groups in total. The SMILES string of the molecule is CC(=O)NCc1ccc(-c2cn3c(-c4ccc(C(=O)NC5CC5)cc4)cnc3c(NCC(C)C)n2)cc1. The fraction of sp³-hybridized carbons (Fsp3) is 0.310. The zero-order valence-corrected chi connectivity index (χ0v) is 21.4. The van der Waals surface area contributed by atoms with Crippen molar-refractivity contribution >= 4 is 23.3 Å². The third-order valence-electron chi connectivity index (χ3n) is 6.32. The van der Waals surface area contributed by atoms with E-state index in [0.717, 1.165) is 58.9 Å². The molecule has 0 radical (unpaired) electrons. The number of hydrogen-bond donors (Lipinski definition) is 3. The second kappa shape index (κ2) is 10.4. The minimum absolute atomic E-state index is 0.0270. The second-order valence-corrected chi connectivity index (χ2v) is 10.0. The molecule has 5 rings (SSSR count). The highest BCUT2D eigenvalue weighted by molar-refractivity contribution is 5.95. The van der Waals surface area contributed by atoms with Crippen LogP contribution in [0.3, 0.4) is 0 Å². The fourth-order valence-electron chi connectivity index (χ4n) is 4.07. The quantitative estimate of drug-likeness (QED) is 0.313. The van der Waals surface area contributed by atoms with Gasteiger partial charge in [0.25, 0.3) is 5.91 Å². The molecule has 37 heavy (non-hydrogen) atoms. The van der Waals surface area contributed by atoms with Gasteiger partial charge in [0.2, 0.25) is 5.91 Å². The van der Waals surface area contributed by atoms with Gasteiger partial charge < -0.3 is 16.0 Å². The van der Waals surface area contributed by atoms with E-state index in [1.807, 2.05) is 60.9 Å². The van der Waals surface area contributed by atoms with Gasteiger partial charge in [0.1, 0.15) is 0 Å². The number of rotatable bonds is 9. The summed E-state index contributed by atoms with van der Waals surface area (Å²) in [6, 6.07) is 16.0. The highest BCUT2D eigenvalue weighted by Gasteiger charge is 2.23. The van der Waals surface area contributed by atoms with Crippen LogP contribution in [0.25, 0.3) is 28.2 Å². The van der Waals surface area contributed by atoms with Gasteiger partial charge in [-0.15, -0.1) is 0 Å². The van der Waals surface area contributed by atoms with E-state index in [2.05, 4.69) is 39.2 Å². The molecule has 0 saturated heterocycles. The van der Waals surface area contributed by atoms with Crippen molar-refractivity contribution in [2.75, 3.05) is 11.9 Å². The van der Waals surface area contributed by atoms with Crippen LogP contribution in [-0.4, -0.2) is 38.8 Å². The second-order valence-electron chi connectivity index (χ2n) is 10.0. The van der Waals surface area contributed by atoms with Crippen LogP contribution in [0.4, 0.5) is 5.82 Å². The molecule has 190 valence electrons. The Bertz CT molecular complexity index is 1420. The van der Waals surface area contributed by atoms with Gasteiger partial charge in [0.15, 0.2) is 11.5 Å². The summed E-state index contributed by atoms with van der Waals surface area (Å²) in [7, 11) is 0. The molecule has 1 aliphatic carbocycles. The van der Waals surface area contributed by atoms with E-state index in [4.69, 9.17) is 4.98 Å². The Hall–Kier alpha value is -4.20. The van der Waals surface area contributed by atoms with Crippen molar-refractivity contribution in [2.24, 2.45) is 5.92 Å². The first-order chi connectivity index (χ1) is 17.9. The minimum atomic E-state index is -0.0544. The number of carbonyl (C=O) groups is 2. The monoisotopic (exact) mass is 496 g/mol. The lowest BCUT2D eigenvalue weighted by molar-refractivity contribution is -0.119. The first-order valence-corrected chi connectivity index (χ1v) is 12.7. The summed E-state index contributed by atoms with van der Waals surface area (Å²) in [6.45, 7) is 7.08. The van der Waals surface area contributed by atoms with Crippen LogP contribution in [0.1, 0.15) is 49.5 Å². The third kappa shape index (κ3) is 5.80. The molecule has 4 aromatic rings. The Morgan fingerprint density at radius 3 is 2.38 bits per heavy atom. The van der Waals surface area contributed by atoms with Crippen molar-refractivity contribution in [3.8, 4) is 22.5 Å². The molecule has 2 amide bonds. The molecule has 8 nitrogen and oxygen atoms in total. The van der Waals surface area contributed by atoms with Crippen LogP contribution in [0.2, 0.25) is 0 Å². The molecule has 0 atom stereocenters. The molecular weight excluding hydrogens is 464 g/mol. The number of nitrogens with zero attached hydrogens (tertiary/aromatic N) is 3. The number of hydrogen-bond acceptors (Lipinski definition) is 5. The van der Waals surface area contributed by atoms with Crippen LogP contribution in [0, 0.1) is 5.92 Å². The Morgan fingerprint density at radius 2 is 1.73 bits per heavy atom. The number of imidazole rings is 1. The highest BCUT2D eigenvalue weighted by Crippen LogP contribution is 2.28. The van der Waals surface area contributed by atoms with Crippen LogP contribution < -0.4 is 16.0 Å². The zero-order chi connectivity index (χ0) is 25.9. The molecule has 1 aliphatic rings. The van der Waals surface area contributed by atoms with Gasteiger partial charge in [0, 0.05) is 48.9 Å². The molecule has 0 bridgehead atoms. The fourth-order valence-corrected chi connectivity index (χ4v) is 4.07. The van der Waals surface area contributed by atoms with Crippen LogP contribution in [0.5, 0.6) is 0 Å². The number of fused-ring (bicyclic) bond motifs is 1. The van der Waals surface area contributed by atoms with Crippen LogP contribution in [0.15, 0.2) is 60.9 Å². The Kier molecular flexibility index (Phi) is 6.90. The van der Waals surface area contributed by atoms with Gasteiger partial charge in [-0.05, 0) is 36.5 Å². The van der Waals surface area contributed by atoms with Crippen molar-refractivity contribution in [1.82, 2.24) is 25.0 Å². The number of nitrogens with one attached hydrogen (secondary N) is 3. The number of amides is 2. The van der Waals surface area contributed by atoms with E-state index in [9.17, 15) is 9.59 Å². The molecule has 0 spiro atoms. The minimum Gasteiger partial charge on any atom is -0.367 e. The molecule has 2 aromatic carbocycles. The first kappa shape index (κ1) is 24.5. The Morgan fingerprint density at radius 1 is 1.03 bits per heavy atom. The van der Waals surface area contributed by atoms with Gasteiger partial charge in [-0.2, -0.15) is 0 Å². The number of aromatic nitrogens is 3. The van der Waals surface area contributed by atoms with E-state index in [1.54, 1.807) is 0 Å². The van der Waals surface area contributed by atoms with Gasteiger partial charge in [-0.1, -0.05) is 50.2 Å². The molecule has 0 unspecified atom stereocenters. The lowest BCUT2D eigenvalue weighted by atomic mass is 10.1. The average molecular weight is 497 g/mol. The third-order valence-corrected chi connectivity index (χ3v) is 6.32. The standard InChI is InChI=1S/C29H32N6O2/c1-18(2)14-31-27-28-32-16-26(22-8-10-23(11-9-22)29(37)33-24-12-13-24)35(28)17-25(34-27)21-6-4-20(5-7-21)15-30-19(3)36/h4-11,16-18,24H,12-15H2,1-3H3,(H,30,36)(H,31,34)(H,33,37). The largest absolute Gasteiger partial charge is 0.367 e. The molecular formula is C29H32N6O2. The summed E-state index contributed by atoms with van der Waals surface area (Å²) >= 11 is 0. The van der Waals surface area contributed by atoms with Crippen molar-refractivity contribution < 1.29 is 9.59 Å². The number of carbonyl (C=O) groups excluding carboxylic acids is 2. The van der Waals surface area contributed by atoms with Crippen molar-refractivity contribution in [3.63, 3.8) is 0 Å². The van der Waals surface area contributed by atoms with Gasteiger partial charge in [-0.3, -0.25) is 14.0 Å². The smallest absolute Gasteiger partial charge is 0.251 e. The van der Waals surface area contributed by atoms with Crippen molar-refractivity contribution in [2.45, 2.75) is 46.2 Å². The Balaban J connectivity index is 1.49. The summed E-state index contributed by atoms with van der Waals surface area (Å²) in [6.07, 6.45) is 5.96. The predicted molar refractivity (Wildman–Crippen MR) is 145 cm³/mol. The maximum absolute atomic E-state index is 12.4. The molecule has 0 aliphatic heterocycles. The molecule has 8 heteroatoms.